The number of carbonyl (C=O) groups excluding carboxylic acids is 1. The fourth-order valence-electron chi connectivity index (χ4n) is 1.70. The number of hydrogen-bond acceptors (Lipinski definition) is 2. The van der Waals surface area contributed by atoms with Crippen LogP contribution in [0.2, 0.25) is 0 Å². The summed E-state index contributed by atoms with van der Waals surface area (Å²) in [5.41, 5.74) is 6.64. The summed E-state index contributed by atoms with van der Waals surface area (Å²) in [7, 11) is 0. The summed E-state index contributed by atoms with van der Waals surface area (Å²) in [5.74, 6) is -0.861. The van der Waals surface area contributed by atoms with Gasteiger partial charge in [-0.3, -0.25) is 4.79 Å². The van der Waals surface area contributed by atoms with Crippen molar-refractivity contribution in [3.63, 3.8) is 0 Å². The number of hydrogen-bond donors (Lipinski definition) is 1. The molecule has 0 spiro atoms. The van der Waals surface area contributed by atoms with E-state index in [4.69, 9.17) is 5.73 Å². The van der Waals surface area contributed by atoms with Gasteiger partial charge in [0.2, 0.25) is 5.91 Å². The number of rotatable bonds is 3. The second-order valence-corrected chi connectivity index (χ2v) is 4.02. The second-order valence-electron chi connectivity index (χ2n) is 4.02. The number of carbonyl (C=O) groups is 1. The molecule has 0 aliphatic rings. The summed E-state index contributed by atoms with van der Waals surface area (Å²) in [4.78, 5) is 10.9. The average Bonchev–Trinajstić information content (AvgIpc) is 2.37. The lowest BCUT2D eigenvalue weighted by Gasteiger charge is -2.10. The van der Waals surface area contributed by atoms with Crippen LogP contribution >= 0.6 is 0 Å². The number of halogens is 3. The van der Waals surface area contributed by atoms with Gasteiger partial charge in [-0.2, -0.15) is 0 Å². The lowest BCUT2D eigenvalue weighted by molar-refractivity contribution is -0.274. The van der Waals surface area contributed by atoms with Crippen molar-refractivity contribution in [3.8, 4) is 16.9 Å². The van der Waals surface area contributed by atoms with Crippen molar-refractivity contribution in [1.82, 2.24) is 0 Å². The number of amides is 1. The molecule has 104 valence electrons. The van der Waals surface area contributed by atoms with Gasteiger partial charge in [0.25, 0.3) is 0 Å². The van der Waals surface area contributed by atoms with Crippen molar-refractivity contribution < 1.29 is 22.7 Å². The van der Waals surface area contributed by atoms with Crippen molar-refractivity contribution in [3.05, 3.63) is 54.1 Å². The highest BCUT2D eigenvalue weighted by Crippen LogP contribution is 2.28. The summed E-state index contributed by atoms with van der Waals surface area (Å²) in [6, 6.07) is 11.8. The molecule has 0 fully saturated rings. The molecule has 20 heavy (non-hydrogen) atoms. The molecule has 1 amide bonds. The average molecular weight is 281 g/mol. The van der Waals surface area contributed by atoms with Crippen LogP contribution in [0.1, 0.15) is 10.4 Å². The summed E-state index contributed by atoms with van der Waals surface area (Å²) < 4.78 is 40.3. The zero-order valence-corrected chi connectivity index (χ0v) is 10.1. The second kappa shape index (κ2) is 5.24. The lowest BCUT2D eigenvalue weighted by atomic mass is 10.0. The van der Waals surface area contributed by atoms with Gasteiger partial charge in [-0.1, -0.05) is 24.3 Å². The standard InChI is InChI=1S/C14H10F3NO2/c15-14(16,17)20-12-3-1-2-11(8-12)9-4-6-10(7-5-9)13(18)19/h1-8H,(H2,18,19). The molecule has 2 aromatic carbocycles. The third kappa shape index (κ3) is 3.50. The van der Waals surface area contributed by atoms with Gasteiger partial charge in [-0.15, -0.1) is 13.2 Å². The van der Waals surface area contributed by atoms with Crippen molar-refractivity contribution in [2.24, 2.45) is 5.73 Å². The highest BCUT2D eigenvalue weighted by Gasteiger charge is 2.31. The van der Waals surface area contributed by atoms with E-state index in [-0.39, 0.29) is 5.75 Å². The van der Waals surface area contributed by atoms with Crippen molar-refractivity contribution in [2.75, 3.05) is 0 Å². The zero-order valence-electron chi connectivity index (χ0n) is 10.1. The Kier molecular flexibility index (Phi) is 3.65. The highest BCUT2D eigenvalue weighted by atomic mass is 19.4. The van der Waals surface area contributed by atoms with Gasteiger partial charge in [0.1, 0.15) is 5.75 Å². The molecule has 0 saturated carbocycles. The van der Waals surface area contributed by atoms with Crippen LogP contribution in [0.3, 0.4) is 0 Å². The van der Waals surface area contributed by atoms with Gasteiger partial charge in [0, 0.05) is 5.56 Å². The number of alkyl halides is 3. The van der Waals surface area contributed by atoms with E-state index in [1.807, 2.05) is 0 Å². The molecule has 0 heterocycles. The summed E-state index contributed by atoms with van der Waals surface area (Å²) >= 11 is 0. The number of ether oxygens (including phenoxy) is 1. The topological polar surface area (TPSA) is 52.3 Å². The fraction of sp³-hybridized carbons (Fsp3) is 0.0714. The Morgan fingerprint density at radius 2 is 1.65 bits per heavy atom. The molecule has 2 rings (SSSR count). The van der Waals surface area contributed by atoms with Crippen molar-refractivity contribution in [1.29, 1.82) is 0 Å². The van der Waals surface area contributed by atoms with E-state index in [0.717, 1.165) is 0 Å². The van der Waals surface area contributed by atoms with Crippen LogP contribution < -0.4 is 10.5 Å². The van der Waals surface area contributed by atoms with E-state index in [2.05, 4.69) is 4.74 Å². The number of nitrogens with two attached hydrogens (primary N) is 1. The van der Waals surface area contributed by atoms with Crippen LogP contribution in [0, 0.1) is 0 Å². The van der Waals surface area contributed by atoms with Crippen LogP contribution in [0.15, 0.2) is 48.5 Å². The summed E-state index contributed by atoms with van der Waals surface area (Å²) in [6.45, 7) is 0. The highest BCUT2D eigenvalue weighted by molar-refractivity contribution is 5.93. The van der Waals surface area contributed by atoms with Crippen molar-refractivity contribution >= 4 is 5.91 Å². The first-order valence-electron chi connectivity index (χ1n) is 5.61. The van der Waals surface area contributed by atoms with Crippen LogP contribution in [-0.4, -0.2) is 12.3 Å². The molecular formula is C14H10F3NO2. The normalized spacial score (nSPS) is 11.2. The molecule has 0 aliphatic carbocycles. The first-order valence-corrected chi connectivity index (χ1v) is 5.61. The Morgan fingerprint density at radius 1 is 1.00 bits per heavy atom. The summed E-state index contributed by atoms with van der Waals surface area (Å²) in [6.07, 6.45) is -4.73. The smallest absolute Gasteiger partial charge is 0.406 e. The van der Waals surface area contributed by atoms with Gasteiger partial charge in [0.05, 0.1) is 0 Å². The van der Waals surface area contributed by atoms with Crippen LogP contribution in [0.4, 0.5) is 13.2 Å². The molecule has 0 aromatic heterocycles. The quantitative estimate of drug-likeness (QED) is 0.938. The molecule has 0 bridgehead atoms. The van der Waals surface area contributed by atoms with Crippen LogP contribution in [0.5, 0.6) is 5.75 Å². The first-order chi connectivity index (χ1) is 9.35. The minimum absolute atomic E-state index is 0.297. The zero-order chi connectivity index (χ0) is 14.8. The number of benzene rings is 2. The minimum atomic E-state index is -4.73. The summed E-state index contributed by atoms with van der Waals surface area (Å²) in [5, 5.41) is 0. The van der Waals surface area contributed by atoms with Gasteiger partial charge >= 0.3 is 6.36 Å². The third-order valence-corrected chi connectivity index (χ3v) is 2.57. The van der Waals surface area contributed by atoms with E-state index < -0.39 is 12.3 Å². The van der Waals surface area contributed by atoms with E-state index in [1.165, 1.54) is 30.3 Å². The fourth-order valence-corrected chi connectivity index (χ4v) is 1.70. The Labute approximate surface area is 112 Å². The van der Waals surface area contributed by atoms with E-state index in [0.29, 0.717) is 16.7 Å². The molecular weight excluding hydrogens is 271 g/mol. The maximum Gasteiger partial charge on any atom is 0.573 e. The molecule has 6 heteroatoms. The Bertz CT molecular complexity index is 621. The monoisotopic (exact) mass is 281 g/mol. The molecule has 0 radical (unpaired) electrons. The van der Waals surface area contributed by atoms with Gasteiger partial charge < -0.3 is 10.5 Å². The predicted molar refractivity (Wildman–Crippen MR) is 67.1 cm³/mol. The first kappa shape index (κ1) is 13.9. The number of primary amides is 1. The maximum absolute atomic E-state index is 12.1. The van der Waals surface area contributed by atoms with E-state index in [9.17, 15) is 18.0 Å². The molecule has 3 nitrogen and oxygen atoms in total. The molecule has 0 aliphatic heterocycles. The maximum atomic E-state index is 12.1. The van der Waals surface area contributed by atoms with Gasteiger partial charge in [-0.25, -0.2) is 0 Å². The lowest BCUT2D eigenvalue weighted by Crippen LogP contribution is -2.17. The Hall–Kier alpha value is -2.50. The Balaban J connectivity index is 2.28. The third-order valence-electron chi connectivity index (χ3n) is 2.57. The SMILES string of the molecule is NC(=O)c1ccc(-c2cccc(OC(F)(F)F)c2)cc1. The van der Waals surface area contributed by atoms with E-state index in [1.54, 1.807) is 18.2 Å². The van der Waals surface area contributed by atoms with Crippen LogP contribution in [-0.2, 0) is 0 Å². The molecule has 0 atom stereocenters. The molecule has 0 saturated heterocycles. The van der Waals surface area contributed by atoms with Gasteiger partial charge in [0.15, 0.2) is 0 Å². The largest absolute Gasteiger partial charge is 0.573 e. The molecule has 2 aromatic rings. The van der Waals surface area contributed by atoms with Gasteiger partial charge in [-0.05, 0) is 35.4 Å². The van der Waals surface area contributed by atoms with Crippen LogP contribution in [0.25, 0.3) is 11.1 Å². The van der Waals surface area contributed by atoms with E-state index >= 15 is 0 Å². The predicted octanol–water partition coefficient (Wildman–Crippen LogP) is 3.35. The minimum Gasteiger partial charge on any atom is -0.406 e. The Morgan fingerprint density at radius 3 is 2.20 bits per heavy atom. The van der Waals surface area contributed by atoms with Crippen molar-refractivity contribution in [2.45, 2.75) is 6.36 Å². The molecule has 2 N–H and O–H groups in total. The molecule has 0 unspecified atom stereocenters.